The highest BCUT2D eigenvalue weighted by Gasteiger charge is 2.10. The Labute approximate surface area is 99.5 Å². The summed E-state index contributed by atoms with van der Waals surface area (Å²) >= 11 is 0. The summed E-state index contributed by atoms with van der Waals surface area (Å²) in [6.07, 6.45) is 2.38. The van der Waals surface area contributed by atoms with E-state index in [1.165, 1.54) is 24.0 Å². The Balaban J connectivity index is 2.65. The van der Waals surface area contributed by atoms with E-state index in [-0.39, 0.29) is 0 Å². The third kappa shape index (κ3) is 3.62. The van der Waals surface area contributed by atoms with Gasteiger partial charge in [0.2, 0.25) is 0 Å². The second-order valence-corrected chi connectivity index (χ2v) is 4.44. The van der Waals surface area contributed by atoms with Crippen LogP contribution in [-0.2, 0) is 6.42 Å². The van der Waals surface area contributed by atoms with Gasteiger partial charge in [0.25, 0.3) is 0 Å². The Morgan fingerprint density at radius 2 is 1.88 bits per heavy atom. The summed E-state index contributed by atoms with van der Waals surface area (Å²) in [6, 6.07) is 9.40. The fourth-order valence-corrected chi connectivity index (χ4v) is 1.90. The molecule has 0 aliphatic heterocycles. The van der Waals surface area contributed by atoms with Crippen LogP contribution in [0.3, 0.4) is 0 Å². The summed E-state index contributed by atoms with van der Waals surface area (Å²) in [7, 11) is 2.12. The van der Waals surface area contributed by atoms with Crippen molar-refractivity contribution in [2.24, 2.45) is 5.73 Å². The van der Waals surface area contributed by atoms with Gasteiger partial charge in [-0.3, -0.25) is 4.90 Å². The molecule has 0 heterocycles. The van der Waals surface area contributed by atoms with E-state index in [0.29, 0.717) is 6.04 Å². The van der Waals surface area contributed by atoms with E-state index in [1.807, 2.05) is 0 Å². The third-order valence-corrected chi connectivity index (χ3v) is 3.14. The number of rotatable bonds is 6. The zero-order valence-corrected chi connectivity index (χ0v) is 10.7. The van der Waals surface area contributed by atoms with Gasteiger partial charge >= 0.3 is 0 Å². The van der Waals surface area contributed by atoms with Crippen LogP contribution < -0.4 is 5.73 Å². The molecule has 1 rings (SSSR count). The smallest absolute Gasteiger partial charge is 0.0317 e. The van der Waals surface area contributed by atoms with Gasteiger partial charge in [-0.15, -0.1) is 0 Å². The molecule has 1 atom stereocenters. The maximum absolute atomic E-state index is 5.57. The van der Waals surface area contributed by atoms with Crippen LogP contribution >= 0.6 is 0 Å². The van der Waals surface area contributed by atoms with Gasteiger partial charge in [0.15, 0.2) is 0 Å². The van der Waals surface area contributed by atoms with E-state index in [0.717, 1.165) is 13.1 Å². The fraction of sp³-hybridized carbons (Fsp3) is 0.571. The Kier molecular flexibility index (Phi) is 5.50. The average molecular weight is 220 g/mol. The van der Waals surface area contributed by atoms with Crippen molar-refractivity contribution in [1.29, 1.82) is 0 Å². The molecule has 0 radical (unpaired) electrons. The van der Waals surface area contributed by atoms with Crippen LogP contribution in [-0.4, -0.2) is 25.0 Å². The number of nitrogens with zero attached hydrogens (tertiary/aromatic N) is 1. The van der Waals surface area contributed by atoms with Crippen molar-refractivity contribution >= 4 is 0 Å². The molecule has 2 N–H and O–H groups in total. The van der Waals surface area contributed by atoms with Gasteiger partial charge in [0.05, 0.1) is 0 Å². The van der Waals surface area contributed by atoms with Crippen LogP contribution in [0.1, 0.15) is 37.4 Å². The Hall–Kier alpha value is -0.860. The lowest BCUT2D eigenvalue weighted by molar-refractivity contribution is 0.269. The first-order valence-corrected chi connectivity index (χ1v) is 6.18. The molecule has 1 unspecified atom stereocenters. The minimum absolute atomic E-state index is 0.444. The molecule has 16 heavy (non-hydrogen) atoms. The molecule has 90 valence electrons. The molecule has 0 spiro atoms. The summed E-state index contributed by atoms with van der Waals surface area (Å²) in [5.74, 6) is 0. The first-order valence-electron chi connectivity index (χ1n) is 6.18. The summed E-state index contributed by atoms with van der Waals surface area (Å²) < 4.78 is 0. The van der Waals surface area contributed by atoms with Crippen molar-refractivity contribution in [3.8, 4) is 0 Å². The lowest BCUT2D eigenvalue weighted by Gasteiger charge is -2.24. The molecular formula is C14H24N2. The molecule has 1 aromatic carbocycles. The highest BCUT2D eigenvalue weighted by atomic mass is 15.1. The maximum atomic E-state index is 5.57. The number of aryl methyl sites for hydroxylation is 1. The molecule has 0 saturated heterocycles. The number of likely N-dealkylation sites (N-methyl/N-ethyl adjacent to an activating group) is 1. The number of hydrogen-bond acceptors (Lipinski definition) is 2. The van der Waals surface area contributed by atoms with Gasteiger partial charge in [0, 0.05) is 19.1 Å². The molecule has 2 nitrogen and oxygen atoms in total. The predicted octanol–water partition coefficient (Wildman–Crippen LogP) is 2.59. The summed E-state index contributed by atoms with van der Waals surface area (Å²) in [5.41, 5.74) is 8.37. The van der Waals surface area contributed by atoms with E-state index >= 15 is 0 Å². The van der Waals surface area contributed by atoms with Crippen molar-refractivity contribution in [1.82, 2.24) is 4.90 Å². The summed E-state index contributed by atoms with van der Waals surface area (Å²) in [5, 5.41) is 0. The Morgan fingerprint density at radius 1 is 1.25 bits per heavy atom. The van der Waals surface area contributed by atoms with Crippen molar-refractivity contribution in [2.75, 3.05) is 20.1 Å². The van der Waals surface area contributed by atoms with Gasteiger partial charge in [-0.05, 0) is 31.5 Å². The van der Waals surface area contributed by atoms with Crippen LogP contribution in [0.4, 0.5) is 0 Å². The number of nitrogens with two attached hydrogens (primary N) is 1. The lowest BCUT2D eigenvalue weighted by Crippen LogP contribution is -2.28. The normalized spacial score (nSPS) is 13.1. The minimum atomic E-state index is 0.444. The third-order valence-electron chi connectivity index (χ3n) is 3.14. The standard InChI is InChI=1S/C14H24N2/c1-4-5-13-6-8-14(9-7-13)12(2)16(3)11-10-15/h6-9,12H,4-5,10-11,15H2,1-3H3. The summed E-state index contributed by atoms with van der Waals surface area (Å²) in [6.45, 7) is 6.10. The monoisotopic (exact) mass is 220 g/mol. The molecular weight excluding hydrogens is 196 g/mol. The van der Waals surface area contributed by atoms with Gasteiger partial charge < -0.3 is 5.73 Å². The Morgan fingerprint density at radius 3 is 2.38 bits per heavy atom. The first kappa shape index (κ1) is 13.2. The molecule has 2 heteroatoms. The van der Waals surface area contributed by atoms with Crippen molar-refractivity contribution in [2.45, 2.75) is 32.7 Å². The number of benzene rings is 1. The van der Waals surface area contributed by atoms with Crippen LogP contribution in [0.25, 0.3) is 0 Å². The van der Waals surface area contributed by atoms with E-state index in [1.54, 1.807) is 0 Å². The molecule has 0 amide bonds. The van der Waals surface area contributed by atoms with Crippen molar-refractivity contribution < 1.29 is 0 Å². The molecule has 0 saturated carbocycles. The second-order valence-electron chi connectivity index (χ2n) is 4.44. The largest absolute Gasteiger partial charge is 0.329 e. The molecule has 0 aliphatic rings. The van der Waals surface area contributed by atoms with E-state index in [9.17, 15) is 0 Å². The van der Waals surface area contributed by atoms with Crippen LogP contribution in [0.5, 0.6) is 0 Å². The highest BCUT2D eigenvalue weighted by Crippen LogP contribution is 2.19. The highest BCUT2D eigenvalue weighted by molar-refractivity contribution is 5.24. The van der Waals surface area contributed by atoms with E-state index < -0.39 is 0 Å². The topological polar surface area (TPSA) is 29.3 Å². The maximum Gasteiger partial charge on any atom is 0.0317 e. The molecule has 0 bridgehead atoms. The fourth-order valence-electron chi connectivity index (χ4n) is 1.90. The minimum Gasteiger partial charge on any atom is -0.329 e. The quantitative estimate of drug-likeness (QED) is 0.798. The van der Waals surface area contributed by atoms with Gasteiger partial charge in [-0.2, -0.15) is 0 Å². The predicted molar refractivity (Wildman–Crippen MR) is 70.5 cm³/mol. The van der Waals surface area contributed by atoms with Gasteiger partial charge in [0.1, 0.15) is 0 Å². The van der Waals surface area contributed by atoms with Gasteiger partial charge in [-0.1, -0.05) is 37.6 Å². The summed E-state index contributed by atoms with van der Waals surface area (Å²) in [4.78, 5) is 2.29. The van der Waals surface area contributed by atoms with Crippen LogP contribution in [0.15, 0.2) is 24.3 Å². The molecule has 1 aromatic rings. The lowest BCUT2D eigenvalue weighted by atomic mass is 10.0. The number of hydrogen-bond donors (Lipinski definition) is 1. The second kappa shape index (κ2) is 6.66. The Bertz CT molecular complexity index is 292. The van der Waals surface area contributed by atoms with E-state index in [2.05, 4.69) is 50.1 Å². The zero-order valence-electron chi connectivity index (χ0n) is 10.7. The first-order chi connectivity index (χ1) is 7.69. The SMILES string of the molecule is CCCc1ccc(C(C)N(C)CCN)cc1. The van der Waals surface area contributed by atoms with Gasteiger partial charge in [-0.25, -0.2) is 0 Å². The average Bonchev–Trinajstić information content (AvgIpc) is 2.30. The molecule has 0 aromatic heterocycles. The molecule has 0 aliphatic carbocycles. The van der Waals surface area contributed by atoms with Crippen LogP contribution in [0.2, 0.25) is 0 Å². The zero-order chi connectivity index (χ0) is 12.0. The van der Waals surface area contributed by atoms with Crippen molar-refractivity contribution in [3.63, 3.8) is 0 Å². The van der Waals surface area contributed by atoms with Crippen molar-refractivity contribution in [3.05, 3.63) is 35.4 Å². The molecule has 0 fully saturated rings. The van der Waals surface area contributed by atoms with Crippen LogP contribution in [0, 0.1) is 0 Å². The van der Waals surface area contributed by atoms with E-state index in [4.69, 9.17) is 5.73 Å².